The highest BCUT2D eigenvalue weighted by Crippen LogP contribution is 2.30. The monoisotopic (exact) mass is 340 g/mol. The minimum atomic E-state index is -0.560. The summed E-state index contributed by atoms with van der Waals surface area (Å²) < 4.78 is 15.4. The second kappa shape index (κ2) is 8.68. The third-order valence-corrected chi connectivity index (χ3v) is 3.52. The van der Waals surface area contributed by atoms with Crippen molar-refractivity contribution in [2.75, 3.05) is 20.8 Å². The smallest absolute Gasteiger partial charge is 0.331 e. The summed E-state index contributed by atoms with van der Waals surface area (Å²) in [6.45, 7) is 1.95. The van der Waals surface area contributed by atoms with Crippen LogP contribution in [0.5, 0.6) is 11.5 Å². The summed E-state index contributed by atoms with van der Waals surface area (Å²) in [5, 5.41) is 0. The molecule has 0 unspecified atom stereocenters. The van der Waals surface area contributed by atoms with Gasteiger partial charge in [-0.1, -0.05) is 30.3 Å². The summed E-state index contributed by atoms with van der Waals surface area (Å²) >= 11 is 0. The average molecular weight is 340 g/mol. The van der Waals surface area contributed by atoms with E-state index in [1.165, 1.54) is 20.3 Å². The first-order chi connectivity index (χ1) is 12.1. The van der Waals surface area contributed by atoms with Gasteiger partial charge in [0.05, 0.1) is 20.8 Å². The van der Waals surface area contributed by atoms with Crippen molar-refractivity contribution in [2.45, 2.75) is 6.92 Å². The maximum atomic E-state index is 13.0. The number of hydrogen-bond donors (Lipinski definition) is 0. The van der Waals surface area contributed by atoms with E-state index in [2.05, 4.69) is 0 Å². The predicted octanol–water partition coefficient (Wildman–Crippen LogP) is 3.53. The lowest BCUT2D eigenvalue weighted by Gasteiger charge is -2.11. The Labute approximate surface area is 146 Å². The number of ether oxygens (including phenoxy) is 3. The topological polar surface area (TPSA) is 61.8 Å². The molecular weight excluding hydrogens is 320 g/mol. The second-order valence-electron chi connectivity index (χ2n) is 5.07. The summed E-state index contributed by atoms with van der Waals surface area (Å²) in [5.41, 5.74) is 1.28. The molecule has 0 aliphatic heterocycles. The molecule has 0 spiro atoms. The summed E-state index contributed by atoms with van der Waals surface area (Å²) in [4.78, 5) is 24.9. The van der Waals surface area contributed by atoms with Crippen molar-refractivity contribution < 1.29 is 23.8 Å². The van der Waals surface area contributed by atoms with Gasteiger partial charge in [-0.05, 0) is 30.7 Å². The molecule has 0 heterocycles. The van der Waals surface area contributed by atoms with Crippen molar-refractivity contribution >= 4 is 17.3 Å². The van der Waals surface area contributed by atoms with Gasteiger partial charge in [-0.3, -0.25) is 4.79 Å². The third kappa shape index (κ3) is 4.47. The largest absolute Gasteiger partial charge is 0.493 e. The van der Waals surface area contributed by atoms with Gasteiger partial charge in [0, 0.05) is 17.2 Å². The molecule has 25 heavy (non-hydrogen) atoms. The molecular formula is C20H20O5. The van der Waals surface area contributed by atoms with E-state index in [0.717, 1.165) is 0 Å². The van der Waals surface area contributed by atoms with Crippen molar-refractivity contribution in [2.24, 2.45) is 0 Å². The molecule has 0 N–H and O–H groups in total. The lowest BCUT2D eigenvalue weighted by molar-refractivity contribution is -0.137. The van der Waals surface area contributed by atoms with E-state index in [1.807, 2.05) is 6.07 Å². The van der Waals surface area contributed by atoms with Crippen LogP contribution in [-0.2, 0) is 9.53 Å². The van der Waals surface area contributed by atoms with Crippen LogP contribution in [0.15, 0.2) is 54.6 Å². The van der Waals surface area contributed by atoms with Gasteiger partial charge in [-0.25, -0.2) is 4.79 Å². The molecule has 2 aromatic carbocycles. The number of benzene rings is 2. The van der Waals surface area contributed by atoms with Gasteiger partial charge in [0.2, 0.25) is 0 Å². The Balaban J connectivity index is 2.47. The lowest BCUT2D eigenvalue weighted by Crippen LogP contribution is -2.08. The van der Waals surface area contributed by atoms with Gasteiger partial charge in [-0.15, -0.1) is 0 Å². The van der Waals surface area contributed by atoms with E-state index >= 15 is 0 Å². The van der Waals surface area contributed by atoms with E-state index < -0.39 is 5.97 Å². The number of carbonyl (C=O) groups excluding carboxylic acids is 2. The van der Waals surface area contributed by atoms with Crippen LogP contribution in [0.2, 0.25) is 0 Å². The summed E-state index contributed by atoms with van der Waals surface area (Å²) in [5.74, 6) is 0.0990. The molecule has 0 saturated carbocycles. The van der Waals surface area contributed by atoms with E-state index in [9.17, 15) is 9.59 Å². The maximum absolute atomic E-state index is 13.0. The fourth-order valence-corrected chi connectivity index (χ4v) is 2.33. The normalized spacial score (nSPS) is 10.9. The van der Waals surface area contributed by atoms with Crippen LogP contribution in [0.1, 0.15) is 22.8 Å². The van der Waals surface area contributed by atoms with Crippen molar-refractivity contribution in [3.8, 4) is 11.5 Å². The number of hydrogen-bond acceptors (Lipinski definition) is 5. The highest BCUT2D eigenvalue weighted by Gasteiger charge is 2.18. The molecule has 2 rings (SSSR count). The number of esters is 1. The van der Waals surface area contributed by atoms with Crippen molar-refractivity contribution in [3.05, 3.63) is 65.7 Å². The molecule has 0 aliphatic carbocycles. The van der Waals surface area contributed by atoms with E-state index in [-0.39, 0.29) is 18.0 Å². The molecule has 0 amide bonds. The Hall–Kier alpha value is -3.08. The number of rotatable bonds is 7. The lowest BCUT2D eigenvalue weighted by atomic mass is 9.96. The molecule has 0 aliphatic rings. The van der Waals surface area contributed by atoms with E-state index in [4.69, 9.17) is 14.2 Å². The zero-order chi connectivity index (χ0) is 18.2. The van der Waals surface area contributed by atoms with Crippen LogP contribution in [0.25, 0.3) is 5.57 Å². The van der Waals surface area contributed by atoms with Crippen molar-refractivity contribution in [1.82, 2.24) is 0 Å². The third-order valence-electron chi connectivity index (χ3n) is 3.52. The van der Waals surface area contributed by atoms with Gasteiger partial charge in [0.15, 0.2) is 17.3 Å². The Morgan fingerprint density at radius 1 is 0.920 bits per heavy atom. The molecule has 0 bridgehead atoms. The van der Waals surface area contributed by atoms with E-state index in [0.29, 0.717) is 22.6 Å². The summed E-state index contributed by atoms with van der Waals surface area (Å²) in [6.07, 6.45) is 1.22. The van der Waals surface area contributed by atoms with Gasteiger partial charge in [-0.2, -0.15) is 0 Å². The highest BCUT2D eigenvalue weighted by molar-refractivity contribution is 6.31. The van der Waals surface area contributed by atoms with Crippen LogP contribution in [-0.4, -0.2) is 32.6 Å². The van der Waals surface area contributed by atoms with Crippen LogP contribution >= 0.6 is 0 Å². The molecule has 0 atom stereocenters. The maximum Gasteiger partial charge on any atom is 0.331 e. The Morgan fingerprint density at radius 2 is 1.60 bits per heavy atom. The van der Waals surface area contributed by atoms with Crippen LogP contribution < -0.4 is 9.47 Å². The van der Waals surface area contributed by atoms with Gasteiger partial charge >= 0.3 is 5.97 Å². The first-order valence-corrected chi connectivity index (χ1v) is 7.81. The minimum absolute atomic E-state index is 0.238. The quantitative estimate of drug-likeness (QED) is 0.438. The molecule has 5 heteroatoms. The fourth-order valence-electron chi connectivity index (χ4n) is 2.33. The number of ketones is 1. The molecule has 0 aromatic heterocycles. The fraction of sp³-hybridized carbons (Fsp3) is 0.200. The molecule has 130 valence electrons. The predicted molar refractivity (Wildman–Crippen MR) is 94.9 cm³/mol. The van der Waals surface area contributed by atoms with Crippen LogP contribution in [0, 0.1) is 0 Å². The van der Waals surface area contributed by atoms with Crippen molar-refractivity contribution in [1.29, 1.82) is 0 Å². The van der Waals surface area contributed by atoms with Crippen molar-refractivity contribution in [3.63, 3.8) is 0 Å². The van der Waals surface area contributed by atoms with Gasteiger partial charge in [0.25, 0.3) is 0 Å². The van der Waals surface area contributed by atoms with Gasteiger partial charge < -0.3 is 14.2 Å². The zero-order valence-electron chi connectivity index (χ0n) is 14.4. The Morgan fingerprint density at radius 3 is 2.20 bits per heavy atom. The van der Waals surface area contributed by atoms with Crippen LogP contribution in [0.4, 0.5) is 0 Å². The zero-order valence-corrected chi connectivity index (χ0v) is 14.4. The number of methoxy groups -OCH3 is 2. The molecule has 0 fully saturated rings. The number of Topliss-reactive ketones (excluding diaryl/α,β-unsaturated/α-hetero) is 1. The first kappa shape index (κ1) is 18.3. The summed E-state index contributed by atoms with van der Waals surface area (Å²) in [6, 6.07) is 13.8. The van der Waals surface area contributed by atoms with Gasteiger partial charge in [0.1, 0.15) is 0 Å². The first-order valence-electron chi connectivity index (χ1n) is 7.81. The SMILES string of the molecule is CCOC(=O)C=C(C(=O)c1ccc(OC)c(OC)c1)c1ccccc1. The Bertz CT molecular complexity index is 778. The molecule has 5 nitrogen and oxygen atoms in total. The van der Waals surface area contributed by atoms with E-state index in [1.54, 1.807) is 49.4 Å². The van der Waals surface area contributed by atoms with Crippen LogP contribution in [0.3, 0.4) is 0 Å². The molecule has 0 saturated heterocycles. The Kier molecular flexibility index (Phi) is 6.34. The average Bonchev–Trinajstić information content (AvgIpc) is 2.66. The summed E-state index contributed by atoms with van der Waals surface area (Å²) in [7, 11) is 3.02. The second-order valence-corrected chi connectivity index (χ2v) is 5.07. The highest BCUT2D eigenvalue weighted by atomic mass is 16.5. The number of allylic oxidation sites excluding steroid dienone is 1. The minimum Gasteiger partial charge on any atom is -0.493 e. The molecule has 2 aromatic rings. The number of carbonyl (C=O) groups is 2. The molecule has 0 radical (unpaired) electrons. The standard InChI is InChI=1S/C20H20O5/c1-4-25-19(21)13-16(14-8-6-5-7-9-14)20(22)15-10-11-17(23-2)18(12-15)24-3/h5-13H,4H2,1-3H3.